The summed E-state index contributed by atoms with van der Waals surface area (Å²) in [7, 11) is 1.61. The van der Waals surface area contributed by atoms with Crippen molar-refractivity contribution in [1.82, 2.24) is 0 Å². The Hall–Kier alpha value is -1.65. The molecule has 3 nitrogen and oxygen atoms in total. The second kappa shape index (κ2) is 7.22. The Morgan fingerprint density at radius 1 is 1.15 bits per heavy atom. The molecule has 0 atom stereocenters. The van der Waals surface area contributed by atoms with Gasteiger partial charge >= 0.3 is 5.97 Å². The molecule has 0 unspecified atom stereocenters. The molecule has 20 heavy (non-hydrogen) atoms. The summed E-state index contributed by atoms with van der Waals surface area (Å²) in [5.41, 5.74) is 0. The average molecular weight is 309 g/mol. The summed E-state index contributed by atoms with van der Waals surface area (Å²) in [5.74, 6) is 1.05. The summed E-state index contributed by atoms with van der Waals surface area (Å²) in [4.78, 5) is 12.7. The smallest absolute Gasteiger partial charge is 0.321 e. The van der Waals surface area contributed by atoms with Gasteiger partial charge in [0.25, 0.3) is 0 Å². The maximum absolute atomic E-state index is 11.7. The van der Waals surface area contributed by atoms with Gasteiger partial charge in [-0.25, -0.2) is 0 Å². The lowest BCUT2D eigenvalue weighted by molar-refractivity contribution is -0.131. The van der Waals surface area contributed by atoms with Crippen LogP contribution in [-0.2, 0) is 4.79 Å². The molecule has 0 aliphatic rings. The van der Waals surface area contributed by atoms with E-state index < -0.39 is 0 Å². The number of hydrogen-bond acceptors (Lipinski definition) is 4. The van der Waals surface area contributed by atoms with Crippen LogP contribution in [0.5, 0.6) is 11.5 Å². The molecule has 0 heterocycles. The van der Waals surface area contributed by atoms with Crippen molar-refractivity contribution in [1.29, 1.82) is 0 Å². The molecule has 0 amide bonds. The molecule has 0 aromatic heterocycles. The number of carbonyl (C=O) groups excluding carboxylic acids is 1. The molecule has 0 bridgehead atoms. The first-order valence-electron chi connectivity index (χ1n) is 5.91. The van der Waals surface area contributed by atoms with Gasteiger partial charge in [-0.05, 0) is 36.4 Å². The number of para-hydroxylation sites is 1. The van der Waals surface area contributed by atoms with Gasteiger partial charge in [0.2, 0.25) is 0 Å². The molecule has 0 aliphatic heterocycles. The first-order chi connectivity index (χ1) is 9.69. The summed E-state index contributed by atoms with van der Waals surface area (Å²) >= 11 is 7.32. The molecule has 0 aliphatic carbocycles. The molecule has 5 heteroatoms. The van der Waals surface area contributed by atoms with E-state index in [2.05, 4.69) is 0 Å². The Labute approximate surface area is 126 Å². The van der Waals surface area contributed by atoms with Crippen LogP contribution in [0.25, 0.3) is 0 Å². The monoisotopic (exact) mass is 308 g/mol. The predicted octanol–water partition coefficient (Wildman–Crippen LogP) is 4.05. The third kappa shape index (κ3) is 4.18. The van der Waals surface area contributed by atoms with Gasteiger partial charge in [-0.15, -0.1) is 11.8 Å². The second-order valence-corrected chi connectivity index (χ2v) is 5.32. The summed E-state index contributed by atoms with van der Waals surface area (Å²) in [6.07, 6.45) is 0. The molecular weight excluding hydrogens is 296 g/mol. The molecule has 0 spiro atoms. The number of halogens is 1. The molecule has 0 saturated heterocycles. The molecule has 104 valence electrons. The van der Waals surface area contributed by atoms with Crippen molar-refractivity contribution in [2.75, 3.05) is 12.9 Å². The quantitative estimate of drug-likeness (QED) is 0.474. The van der Waals surface area contributed by atoms with Gasteiger partial charge in [-0.2, -0.15) is 0 Å². The van der Waals surface area contributed by atoms with Crippen molar-refractivity contribution >= 4 is 29.3 Å². The maximum Gasteiger partial charge on any atom is 0.321 e. The van der Waals surface area contributed by atoms with E-state index in [9.17, 15) is 4.79 Å². The van der Waals surface area contributed by atoms with Gasteiger partial charge in [0.05, 0.1) is 17.9 Å². The summed E-state index contributed by atoms with van der Waals surface area (Å²) < 4.78 is 10.3. The number of rotatable bonds is 5. The van der Waals surface area contributed by atoms with Crippen molar-refractivity contribution < 1.29 is 14.3 Å². The van der Waals surface area contributed by atoms with E-state index in [1.54, 1.807) is 31.4 Å². The predicted molar refractivity (Wildman–Crippen MR) is 80.8 cm³/mol. The minimum Gasteiger partial charge on any atom is -0.497 e. The van der Waals surface area contributed by atoms with Crippen LogP contribution in [0.15, 0.2) is 53.4 Å². The van der Waals surface area contributed by atoms with Crippen LogP contribution in [0, 0.1) is 0 Å². The highest BCUT2D eigenvalue weighted by atomic mass is 35.5. The molecule has 2 rings (SSSR count). The van der Waals surface area contributed by atoms with Crippen molar-refractivity contribution in [3.63, 3.8) is 0 Å². The minimum atomic E-state index is -0.334. The van der Waals surface area contributed by atoms with E-state index in [0.717, 1.165) is 10.6 Å². The fourth-order valence-corrected chi connectivity index (χ4v) is 2.34. The zero-order valence-electron chi connectivity index (χ0n) is 10.8. The molecule has 0 radical (unpaired) electrons. The summed E-state index contributed by atoms with van der Waals surface area (Å²) in [5, 5.41) is 0.426. The fourth-order valence-electron chi connectivity index (χ4n) is 1.49. The van der Waals surface area contributed by atoms with Gasteiger partial charge < -0.3 is 9.47 Å². The van der Waals surface area contributed by atoms with Gasteiger partial charge in [0.15, 0.2) is 0 Å². The van der Waals surface area contributed by atoms with Crippen molar-refractivity contribution in [2.24, 2.45) is 0 Å². The highest BCUT2D eigenvalue weighted by Crippen LogP contribution is 2.25. The first-order valence-corrected chi connectivity index (χ1v) is 7.27. The minimum absolute atomic E-state index is 0.220. The summed E-state index contributed by atoms with van der Waals surface area (Å²) in [6, 6.07) is 14.4. The molecule has 0 fully saturated rings. The Bertz CT molecular complexity index is 584. The largest absolute Gasteiger partial charge is 0.497 e. The van der Waals surface area contributed by atoms with E-state index in [1.165, 1.54) is 11.8 Å². The van der Waals surface area contributed by atoms with E-state index in [0.29, 0.717) is 10.8 Å². The lowest BCUT2D eigenvalue weighted by Crippen LogP contribution is -2.10. The van der Waals surface area contributed by atoms with Crippen molar-refractivity contribution in [3.8, 4) is 11.5 Å². The molecule has 0 N–H and O–H groups in total. The molecule has 0 saturated carbocycles. The normalized spacial score (nSPS) is 10.1. The fraction of sp³-hybridized carbons (Fsp3) is 0.133. The zero-order valence-corrected chi connectivity index (χ0v) is 12.4. The molecule has 2 aromatic rings. The Balaban J connectivity index is 1.87. The second-order valence-electron chi connectivity index (χ2n) is 3.87. The third-order valence-corrected chi connectivity index (χ3v) is 3.77. The number of benzene rings is 2. The van der Waals surface area contributed by atoms with Crippen molar-refractivity contribution in [2.45, 2.75) is 4.90 Å². The SMILES string of the molecule is COc1ccc(SCC(=O)Oc2ccccc2Cl)cc1. The van der Waals surface area contributed by atoms with Crippen LogP contribution in [0.1, 0.15) is 0 Å². The number of carbonyl (C=O) groups is 1. The lowest BCUT2D eigenvalue weighted by atomic mass is 10.3. The van der Waals surface area contributed by atoms with Crippen molar-refractivity contribution in [3.05, 3.63) is 53.6 Å². The van der Waals surface area contributed by atoms with Crippen LogP contribution in [0.3, 0.4) is 0 Å². The van der Waals surface area contributed by atoms with E-state index in [4.69, 9.17) is 21.1 Å². The highest BCUT2D eigenvalue weighted by Gasteiger charge is 2.08. The zero-order chi connectivity index (χ0) is 14.4. The Morgan fingerprint density at radius 3 is 2.50 bits per heavy atom. The number of thioether (sulfide) groups is 1. The first kappa shape index (κ1) is 14.8. The van der Waals surface area contributed by atoms with Crippen LogP contribution in [-0.4, -0.2) is 18.8 Å². The number of methoxy groups -OCH3 is 1. The highest BCUT2D eigenvalue weighted by molar-refractivity contribution is 8.00. The number of esters is 1. The Kier molecular flexibility index (Phi) is 5.32. The third-order valence-electron chi connectivity index (χ3n) is 2.48. The number of hydrogen-bond donors (Lipinski definition) is 0. The topological polar surface area (TPSA) is 35.5 Å². The van der Waals surface area contributed by atoms with Crippen LogP contribution >= 0.6 is 23.4 Å². The van der Waals surface area contributed by atoms with Crippen LogP contribution < -0.4 is 9.47 Å². The van der Waals surface area contributed by atoms with Crippen LogP contribution in [0.4, 0.5) is 0 Å². The van der Waals surface area contributed by atoms with E-state index >= 15 is 0 Å². The van der Waals surface area contributed by atoms with E-state index in [-0.39, 0.29) is 11.7 Å². The number of ether oxygens (including phenoxy) is 2. The summed E-state index contributed by atoms with van der Waals surface area (Å²) in [6.45, 7) is 0. The molecular formula is C15H13ClO3S. The van der Waals surface area contributed by atoms with Crippen LogP contribution in [0.2, 0.25) is 5.02 Å². The standard InChI is InChI=1S/C15H13ClO3S/c1-18-11-6-8-12(9-7-11)20-10-15(17)19-14-5-3-2-4-13(14)16/h2-9H,10H2,1H3. The Morgan fingerprint density at radius 2 is 1.85 bits per heavy atom. The van der Waals surface area contributed by atoms with Gasteiger partial charge in [-0.1, -0.05) is 23.7 Å². The lowest BCUT2D eigenvalue weighted by Gasteiger charge is -2.06. The maximum atomic E-state index is 11.7. The van der Waals surface area contributed by atoms with Gasteiger partial charge in [0, 0.05) is 4.90 Å². The molecule has 2 aromatic carbocycles. The van der Waals surface area contributed by atoms with Gasteiger partial charge in [-0.3, -0.25) is 4.79 Å². The van der Waals surface area contributed by atoms with E-state index in [1.807, 2.05) is 24.3 Å². The van der Waals surface area contributed by atoms with Gasteiger partial charge in [0.1, 0.15) is 11.5 Å². The average Bonchev–Trinajstić information content (AvgIpc) is 2.48.